The molecule has 0 aliphatic heterocycles. The number of allylic oxidation sites excluding steroid dienone is 1. The van der Waals surface area contributed by atoms with Crippen LogP contribution in [0.5, 0.6) is 0 Å². The summed E-state index contributed by atoms with van der Waals surface area (Å²) in [5.74, 6) is 3.43. The summed E-state index contributed by atoms with van der Waals surface area (Å²) in [6, 6.07) is 0. The number of hydrogen-bond acceptors (Lipinski definition) is 2. The molecule has 24 heavy (non-hydrogen) atoms. The lowest BCUT2D eigenvalue weighted by molar-refractivity contribution is -0.129. The number of hydrogen-bond donors (Lipinski definition) is 0. The fourth-order valence-corrected chi connectivity index (χ4v) is 7.56. The van der Waals surface area contributed by atoms with Gasteiger partial charge in [0.05, 0.1) is 0 Å². The first-order valence-corrected chi connectivity index (χ1v) is 10.0. The second-order valence-electron chi connectivity index (χ2n) is 9.80. The Hall–Kier alpha value is -0.920. The van der Waals surface area contributed by atoms with Gasteiger partial charge in [-0.05, 0) is 86.5 Å². The van der Waals surface area contributed by atoms with E-state index in [1.54, 1.807) is 0 Å². The van der Waals surface area contributed by atoms with Crippen molar-refractivity contribution in [3.63, 3.8) is 0 Å². The predicted octanol–water partition coefficient (Wildman–Crippen LogP) is 4.97. The van der Waals surface area contributed by atoms with E-state index in [-0.39, 0.29) is 16.7 Å². The van der Waals surface area contributed by atoms with Gasteiger partial charge in [-0.3, -0.25) is 9.59 Å². The quantitative estimate of drug-likeness (QED) is 0.681. The molecule has 0 radical (unpaired) electrons. The van der Waals surface area contributed by atoms with Crippen LogP contribution in [0.1, 0.15) is 72.6 Å². The normalized spacial score (nSPS) is 50.6. The predicted molar refractivity (Wildman–Crippen MR) is 95.4 cm³/mol. The molecule has 4 aliphatic carbocycles. The van der Waals surface area contributed by atoms with Gasteiger partial charge in [-0.1, -0.05) is 26.3 Å². The monoisotopic (exact) mass is 328 g/mol. The van der Waals surface area contributed by atoms with E-state index in [2.05, 4.69) is 20.8 Å². The maximum Gasteiger partial charge on any atom is 0.158 e. The Balaban J connectivity index is 1.68. The number of carbonyl (C=O) groups excluding carboxylic acids is 2. The van der Waals surface area contributed by atoms with Crippen molar-refractivity contribution >= 4 is 11.6 Å². The fraction of sp³-hybridized carbons (Fsp3) is 0.818. The van der Waals surface area contributed by atoms with Crippen LogP contribution in [0, 0.1) is 40.4 Å². The van der Waals surface area contributed by atoms with Crippen LogP contribution >= 0.6 is 0 Å². The van der Waals surface area contributed by atoms with Crippen molar-refractivity contribution in [3.8, 4) is 0 Å². The summed E-state index contributed by atoms with van der Waals surface area (Å²) in [6.07, 6.45) is 10.2. The van der Waals surface area contributed by atoms with Crippen LogP contribution in [0.25, 0.3) is 0 Å². The minimum Gasteiger partial charge on any atom is -0.300 e. The van der Waals surface area contributed by atoms with Crippen LogP contribution in [-0.2, 0) is 9.59 Å². The van der Waals surface area contributed by atoms with E-state index in [0.29, 0.717) is 17.5 Å². The molecule has 0 aromatic carbocycles. The Kier molecular flexibility index (Phi) is 3.64. The van der Waals surface area contributed by atoms with Crippen molar-refractivity contribution < 1.29 is 9.59 Å². The van der Waals surface area contributed by atoms with Gasteiger partial charge < -0.3 is 0 Å². The Morgan fingerprint density at radius 2 is 1.88 bits per heavy atom. The Labute approximate surface area is 146 Å². The van der Waals surface area contributed by atoms with E-state index in [9.17, 15) is 9.59 Å². The zero-order chi connectivity index (χ0) is 17.3. The first-order valence-electron chi connectivity index (χ1n) is 10.0. The maximum atomic E-state index is 12.2. The van der Waals surface area contributed by atoms with Gasteiger partial charge in [-0.15, -0.1) is 0 Å². The molecular weight excluding hydrogens is 296 g/mol. The van der Waals surface area contributed by atoms with Gasteiger partial charge in [-0.2, -0.15) is 0 Å². The zero-order valence-corrected chi connectivity index (χ0v) is 15.7. The largest absolute Gasteiger partial charge is 0.300 e. The molecule has 3 saturated carbocycles. The standard InChI is InChI=1S/C22H32O2/c1-13-12-22(4)15(11-20(13)24)5-6-16-18-8-7-17(14(2)23)21(18,3)10-9-19(16)22/h11,13,16-19H,5-10,12H2,1-4H3. The molecule has 7 unspecified atom stereocenters. The molecule has 0 aromatic heterocycles. The highest BCUT2D eigenvalue weighted by Crippen LogP contribution is 2.66. The van der Waals surface area contributed by atoms with Gasteiger partial charge in [0.15, 0.2) is 5.78 Å². The van der Waals surface area contributed by atoms with Crippen molar-refractivity contribution in [1.82, 2.24) is 0 Å². The minimum atomic E-state index is 0.180. The molecule has 0 amide bonds. The molecular formula is C22H32O2. The molecule has 4 aliphatic rings. The van der Waals surface area contributed by atoms with E-state index in [1.165, 1.54) is 31.3 Å². The lowest BCUT2D eigenvalue weighted by Gasteiger charge is -2.58. The maximum absolute atomic E-state index is 12.2. The molecule has 0 saturated heterocycles. The Morgan fingerprint density at radius 3 is 2.58 bits per heavy atom. The van der Waals surface area contributed by atoms with Crippen LogP contribution in [0.15, 0.2) is 11.6 Å². The molecule has 4 rings (SSSR count). The molecule has 132 valence electrons. The Morgan fingerprint density at radius 1 is 1.12 bits per heavy atom. The third-order valence-corrected chi connectivity index (χ3v) is 8.76. The van der Waals surface area contributed by atoms with Crippen molar-refractivity contribution in [1.29, 1.82) is 0 Å². The van der Waals surface area contributed by atoms with Gasteiger partial charge >= 0.3 is 0 Å². The molecule has 3 fully saturated rings. The number of ketones is 2. The average Bonchev–Trinajstić information content (AvgIpc) is 2.86. The summed E-state index contributed by atoms with van der Waals surface area (Å²) in [7, 11) is 0. The van der Waals surface area contributed by atoms with Gasteiger partial charge in [-0.25, -0.2) is 0 Å². The molecule has 0 bridgehead atoms. The van der Waals surface area contributed by atoms with E-state index < -0.39 is 0 Å². The summed E-state index contributed by atoms with van der Waals surface area (Å²) in [5, 5.41) is 0. The molecule has 0 heterocycles. The Bertz CT molecular complexity index is 617. The van der Waals surface area contributed by atoms with Crippen LogP contribution < -0.4 is 0 Å². The summed E-state index contributed by atoms with van der Waals surface area (Å²) in [4.78, 5) is 24.4. The number of carbonyl (C=O) groups is 2. The van der Waals surface area contributed by atoms with Crippen LogP contribution in [0.3, 0.4) is 0 Å². The molecule has 0 spiro atoms. The topological polar surface area (TPSA) is 34.1 Å². The number of Topliss-reactive ketones (excluding diaryl/α,β-unsaturated/α-hetero) is 1. The van der Waals surface area contributed by atoms with Gasteiger partial charge in [0.2, 0.25) is 0 Å². The molecule has 2 nitrogen and oxygen atoms in total. The lowest BCUT2D eigenvalue weighted by atomic mass is 9.46. The van der Waals surface area contributed by atoms with Crippen molar-refractivity contribution in [2.75, 3.05) is 0 Å². The van der Waals surface area contributed by atoms with Crippen LogP contribution in [-0.4, -0.2) is 11.6 Å². The minimum absolute atomic E-state index is 0.180. The van der Waals surface area contributed by atoms with E-state index >= 15 is 0 Å². The SMILES string of the molecule is CC(=O)C1CCC2C3CCC4=CC(=O)C(C)CC4(C)C3CCC12C. The van der Waals surface area contributed by atoms with Crippen molar-refractivity contribution in [2.45, 2.75) is 72.6 Å². The van der Waals surface area contributed by atoms with Crippen molar-refractivity contribution in [3.05, 3.63) is 11.6 Å². The van der Waals surface area contributed by atoms with Gasteiger partial charge in [0.25, 0.3) is 0 Å². The molecule has 2 heteroatoms. The van der Waals surface area contributed by atoms with E-state index in [4.69, 9.17) is 0 Å². The number of rotatable bonds is 1. The fourth-order valence-electron chi connectivity index (χ4n) is 7.56. The first kappa shape index (κ1) is 16.5. The van der Waals surface area contributed by atoms with Gasteiger partial charge in [0, 0.05) is 11.8 Å². The highest BCUT2D eigenvalue weighted by Gasteiger charge is 2.60. The van der Waals surface area contributed by atoms with E-state index in [1.807, 2.05) is 13.0 Å². The highest BCUT2D eigenvalue weighted by atomic mass is 16.1. The third kappa shape index (κ3) is 2.07. The molecule has 0 aromatic rings. The van der Waals surface area contributed by atoms with Crippen molar-refractivity contribution in [2.24, 2.45) is 40.4 Å². The zero-order valence-electron chi connectivity index (χ0n) is 15.7. The second kappa shape index (κ2) is 5.29. The second-order valence-corrected chi connectivity index (χ2v) is 9.80. The third-order valence-electron chi connectivity index (χ3n) is 8.76. The summed E-state index contributed by atoms with van der Waals surface area (Å²) >= 11 is 0. The average molecular weight is 328 g/mol. The molecule has 0 N–H and O–H groups in total. The van der Waals surface area contributed by atoms with Crippen LogP contribution in [0.2, 0.25) is 0 Å². The first-order chi connectivity index (χ1) is 11.3. The number of fused-ring (bicyclic) bond motifs is 5. The summed E-state index contributed by atoms with van der Waals surface area (Å²) in [5.41, 5.74) is 1.91. The van der Waals surface area contributed by atoms with Crippen LogP contribution in [0.4, 0.5) is 0 Å². The van der Waals surface area contributed by atoms with Gasteiger partial charge in [0.1, 0.15) is 5.78 Å². The molecule has 7 atom stereocenters. The van der Waals surface area contributed by atoms with E-state index in [0.717, 1.165) is 37.0 Å². The summed E-state index contributed by atoms with van der Waals surface area (Å²) < 4.78 is 0. The smallest absolute Gasteiger partial charge is 0.158 e. The highest BCUT2D eigenvalue weighted by molar-refractivity contribution is 5.93. The lowest BCUT2D eigenvalue weighted by Crippen LogP contribution is -2.51. The summed E-state index contributed by atoms with van der Waals surface area (Å²) in [6.45, 7) is 8.77.